The summed E-state index contributed by atoms with van der Waals surface area (Å²) in [6.45, 7) is 1.82. The van der Waals surface area contributed by atoms with Crippen molar-refractivity contribution in [2.75, 3.05) is 11.1 Å². The quantitative estimate of drug-likeness (QED) is 0.871. The van der Waals surface area contributed by atoms with Gasteiger partial charge in [0.15, 0.2) is 5.17 Å². The molecule has 6 nitrogen and oxygen atoms in total. The van der Waals surface area contributed by atoms with E-state index >= 15 is 0 Å². The third-order valence-corrected chi connectivity index (χ3v) is 6.10. The van der Waals surface area contributed by atoms with Crippen LogP contribution >= 0.6 is 11.8 Å². The maximum absolute atomic E-state index is 13.3. The molecular formula is C20H17N3O3S. The molecule has 2 amide bonds. The number of fused-ring (bicyclic) bond motifs is 6. The zero-order valence-electron chi connectivity index (χ0n) is 14.6. The molecule has 3 aliphatic rings. The van der Waals surface area contributed by atoms with E-state index in [0.717, 1.165) is 5.56 Å². The second kappa shape index (κ2) is 5.85. The number of aliphatic imine (C=N–C) groups is 1. The number of hydrogen-bond donors (Lipinski definition) is 1. The lowest BCUT2D eigenvalue weighted by Gasteiger charge is -2.49. The van der Waals surface area contributed by atoms with Crippen molar-refractivity contribution in [2.24, 2.45) is 10.9 Å². The van der Waals surface area contributed by atoms with Crippen molar-refractivity contribution in [1.29, 1.82) is 0 Å². The van der Waals surface area contributed by atoms with Crippen molar-refractivity contribution in [3.05, 3.63) is 60.2 Å². The van der Waals surface area contributed by atoms with E-state index in [1.54, 1.807) is 4.90 Å². The van der Waals surface area contributed by atoms with Crippen LogP contribution in [0.1, 0.15) is 18.5 Å². The highest BCUT2D eigenvalue weighted by Gasteiger charge is 2.59. The summed E-state index contributed by atoms with van der Waals surface area (Å²) in [7, 11) is 0. The van der Waals surface area contributed by atoms with Crippen molar-refractivity contribution in [3.63, 3.8) is 0 Å². The molecule has 0 saturated carbocycles. The summed E-state index contributed by atoms with van der Waals surface area (Å²) in [5.74, 6) is 0.108. The number of benzene rings is 2. The van der Waals surface area contributed by atoms with Crippen LogP contribution in [0, 0.1) is 5.92 Å². The summed E-state index contributed by atoms with van der Waals surface area (Å²) in [5, 5.41) is 3.59. The van der Waals surface area contributed by atoms with Crippen LogP contribution in [0.2, 0.25) is 0 Å². The Morgan fingerprint density at radius 1 is 1.22 bits per heavy atom. The number of amidine groups is 1. The molecule has 0 radical (unpaired) electrons. The summed E-state index contributed by atoms with van der Waals surface area (Å²) >= 11 is 1.40. The minimum absolute atomic E-state index is 0.0278. The number of hydrogen-bond acceptors (Lipinski definition) is 5. The molecular weight excluding hydrogens is 362 g/mol. The number of anilines is 1. The van der Waals surface area contributed by atoms with Gasteiger partial charge < -0.3 is 10.1 Å². The van der Waals surface area contributed by atoms with E-state index in [-0.39, 0.29) is 11.8 Å². The van der Waals surface area contributed by atoms with Crippen LogP contribution in [0.3, 0.4) is 0 Å². The van der Waals surface area contributed by atoms with E-state index in [2.05, 4.69) is 5.32 Å². The Labute approximate surface area is 160 Å². The van der Waals surface area contributed by atoms with Crippen molar-refractivity contribution in [1.82, 2.24) is 4.90 Å². The Morgan fingerprint density at radius 3 is 2.78 bits per heavy atom. The number of nitrogens with zero attached hydrogens (tertiary/aromatic N) is 2. The fourth-order valence-corrected chi connectivity index (χ4v) is 5.00. The maximum atomic E-state index is 13.3. The van der Waals surface area contributed by atoms with Crippen molar-refractivity contribution < 1.29 is 14.3 Å². The van der Waals surface area contributed by atoms with Gasteiger partial charge in [-0.3, -0.25) is 14.5 Å². The molecule has 5 rings (SSSR count). The van der Waals surface area contributed by atoms with Gasteiger partial charge in [0, 0.05) is 11.3 Å². The third-order valence-electron chi connectivity index (χ3n) is 5.17. The van der Waals surface area contributed by atoms with Gasteiger partial charge in [0.25, 0.3) is 0 Å². The number of carbonyl (C=O) groups excluding carboxylic acids is 2. The molecule has 2 bridgehead atoms. The van der Waals surface area contributed by atoms with Gasteiger partial charge in [0.2, 0.25) is 17.5 Å². The minimum Gasteiger partial charge on any atom is -0.465 e. The van der Waals surface area contributed by atoms with Crippen LogP contribution in [-0.4, -0.2) is 33.4 Å². The molecule has 3 aliphatic heterocycles. The largest absolute Gasteiger partial charge is 0.465 e. The van der Waals surface area contributed by atoms with E-state index < -0.39 is 17.7 Å². The highest BCUT2D eigenvalue weighted by molar-refractivity contribution is 8.15. The second-order valence-corrected chi connectivity index (χ2v) is 7.86. The first-order chi connectivity index (χ1) is 13.1. The average Bonchev–Trinajstić information content (AvgIpc) is 3.01. The number of rotatable bonds is 2. The number of ether oxygens (including phenoxy) is 1. The predicted molar refractivity (Wildman–Crippen MR) is 104 cm³/mol. The molecule has 136 valence electrons. The Balaban J connectivity index is 1.63. The number of carbonyl (C=O) groups is 2. The lowest BCUT2D eigenvalue weighted by molar-refractivity contribution is -0.139. The first-order valence-electron chi connectivity index (χ1n) is 8.75. The molecule has 1 saturated heterocycles. The smallest absolute Gasteiger partial charge is 0.239 e. The molecule has 3 heterocycles. The molecule has 27 heavy (non-hydrogen) atoms. The van der Waals surface area contributed by atoms with Crippen LogP contribution in [0.15, 0.2) is 59.6 Å². The number of para-hydroxylation sites is 2. The number of amides is 2. The van der Waals surface area contributed by atoms with Crippen molar-refractivity contribution >= 4 is 34.4 Å². The van der Waals surface area contributed by atoms with Crippen LogP contribution < -0.4 is 10.1 Å². The monoisotopic (exact) mass is 379 g/mol. The summed E-state index contributed by atoms with van der Waals surface area (Å²) in [4.78, 5) is 32.2. The molecule has 0 aliphatic carbocycles. The van der Waals surface area contributed by atoms with Crippen LogP contribution in [0.25, 0.3) is 0 Å². The molecule has 3 atom stereocenters. The fraction of sp³-hybridized carbons (Fsp3) is 0.250. The predicted octanol–water partition coefficient (Wildman–Crippen LogP) is 3.04. The standard InChI is InChI=1S/C20H17N3O3S/c1-20-16(18(25)21-12-7-3-2-4-8-12)17(13-9-5-6-10-14(13)26-20)23-15(24)11-27-19(23)22-20/h2-10,16-17H,11H2,1H3,(H,21,25)/t16?,17?,20-/m0/s1. The molecule has 1 N–H and O–H groups in total. The van der Waals surface area contributed by atoms with Gasteiger partial charge in [-0.25, -0.2) is 4.99 Å². The van der Waals surface area contributed by atoms with Gasteiger partial charge in [-0.1, -0.05) is 48.2 Å². The van der Waals surface area contributed by atoms with Gasteiger partial charge in [0.05, 0.1) is 11.8 Å². The van der Waals surface area contributed by atoms with Gasteiger partial charge in [-0.2, -0.15) is 0 Å². The van der Waals surface area contributed by atoms with Crippen LogP contribution in [0.5, 0.6) is 5.75 Å². The summed E-state index contributed by atoms with van der Waals surface area (Å²) < 4.78 is 6.21. The molecule has 0 spiro atoms. The Bertz CT molecular complexity index is 977. The summed E-state index contributed by atoms with van der Waals surface area (Å²) in [6, 6.07) is 16.4. The van der Waals surface area contributed by atoms with E-state index in [1.807, 2.05) is 61.5 Å². The summed E-state index contributed by atoms with van der Waals surface area (Å²) in [5.41, 5.74) is 0.474. The molecule has 2 unspecified atom stereocenters. The fourth-order valence-electron chi connectivity index (χ4n) is 4.01. The molecule has 2 aromatic rings. The molecule has 1 fully saturated rings. The lowest BCUT2D eigenvalue weighted by Crippen LogP contribution is -2.59. The first-order valence-corrected chi connectivity index (χ1v) is 9.74. The van der Waals surface area contributed by atoms with Crippen LogP contribution in [0.4, 0.5) is 5.69 Å². The van der Waals surface area contributed by atoms with Gasteiger partial charge in [-0.05, 0) is 25.1 Å². The minimum atomic E-state index is -1.07. The van der Waals surface area contributed by atoms with Crippen molar-refractivity contribution in [3.8, 4) is 5.75 Å². The van der Waals surface area contributed by atoms with Gasteiger partial charge in [0.1, 0.15) is 11.7 Å². The highest BCUT2D eigenvalue weighted by atomic mass is 32.2. The highest BCUT2D eigenvalue weighted by Crippen LogP contribution is 2.52. The van der Waals surface area contributed by atoms with E-state index in [1.165, 1.54) is 11.8 Å². The van der Waals surface area contributed by atoms with E-state index in [4.69, 9.17) is 9.73 Å². The zero-order valence-corrected chi connectivity index (χ0v) is 15.4. The Kier molecular flexibility index (Phi) is 3.55. The SMILES string of the molecule is C[C@]12N=C3SCC(=O)N3C(c3ccccc3O1)C2C(=O)Nc1ccccc1. The Morgan fingerprint density at radius 2 is 1.96 bits per heavy atom. The van der Waals surface area contributed by atoms with Crippen LogP contribution in [-0.2, 0) is 9.59 Å². The normalized spacial score (nSPS) is 28.0. The van der Waals surface area contributed by atoms with E-state index in [9.17, 15) is 9.59 Å². The molecule has 0 aromatic heterocycles. The topological polar surface area (TPSA) is 71.0 Å². The second-order valence-electron chi connectivity index (χ2n) is 6.92. The van der Waals surface area contributed by atoms with Gasteiger partial charge in [-0.15, -0.1) is 0 Å². The zero-order chi connectivity index (χ0) is 18.6. The number of nitrogens with one attached hydrogen (secondary N) is 1. The van der Waals surface area contributed by atoms with Crippen molar-refractivity contribution in [2.45, 2.75) is 18.7 Å². The molecule has 2 aromatic carbocycles. The van der Waals surface area contributed by atoms with Gasteiger partial charge >= 0.3 is 0 Å². The maximum Gasteiger partial charge on any atom is 0.239 e. The number of thioether (sulfide) groups is 1. The first kappa shape index (κ1) is 16.4. The third kappa shape index (κ3) is 2.45. The van der Waals surface area contributed by atoms with E-state index in [0.29, 0.717) is 22.4 Å². The summed E-state index contributed by atoms with van der Waals surface area (Å²) in [6.07, 6.45) is 0. The Hall–Kier alpha value is -2.80. The molecule has 7 heteroatoms. The average molecular weight is 379 g/mol. The lowest BCUT2D eigenvalue weighted by atomic mass is 9.79.